The number of aliphatic hydroxyl groups excluding tert-OH is 1. The van der Waals surface area contributed by atoms with Gasteiger partial charge in [-0.1, -0.05) is 48.4 Å². The van der Waals surface area contributed by atoms with Crippen LogP contribution in [0.4, 0.5) is 0 Å². The Bertz CT molecular complexity index is 1960. The number of carbonyl (C=O) groups is 2. The third-order valence-electron chi connectivity index (χ3n) is 9.56. The number of ether oxygens (including phenoxy) is 3. The molecule has 0 bridgehead atoms. The van der Waals surface area contributed by atoms with Crippen molar-refractivity contribution in [1.82, 2.24) is 14.8 Å². The van der Waals surface area contributed by atoms with Crippen molar-refractivity contribution in [2.24, 2.45) is 0 Å². The summed E-state index contributed by atoms with van der Waals surface area (Å²) in [5, 5.41) is 29.3. The fourth-order valence-electron chi connectivity index (χ4n) is 6.68. The topological polar surface area (TPSA) is 145 Å². The molecule has 0 aliphatic carbocycles. The van der Waals surface area contributed by atoms with Gasteiger partial charge in [-0.3, -0.25) is 19.5 Å². The Morgan fingerprint density at radius 2 is 1.79 bits per heavy atom. The molecule has 12 heteroatoms. The molecule has 3 heterocycles. The second-order valence-electron chi connectivity index (χ2n) is 13.2. The highest BCUT2D eigenvalue weighted by Gasteiger charge is 2.29. The molecule has 4 aromatic rings. The Morgan fingerprint density at radius 3 is 2.58 bits per heavy atom. The van der Waals surface area contributed by atoms with E-state index in [9.17, 15) is 25.1 Å². The first kappa shape index (κ1) is 36.6. The molecule has 2 saturated heterocycles. The highest BCUT2D eigenvalue weighted by Crippen LogP contribution is 2.36. The van der Waals surface area contributed by atoms with Gasteiger partial charge < -0.3 is 29.3 Å². The average molecular weight is 725 g/mol. The SMILES string of the molecule is Cc1c(COc2cc(OCc3cncc(C#N)c3)c(CN3CCCC[C@H]3C(=O)O)cc2Cl)cccc1-c1cccc(OCC(=O)N2CC[C@H](O)C2)c1. The third kappa shape index (κ3) is 9.01. The molecule has 52 heavy (non-hydrogen) atoms. The fourth-order valence-corrected chi connectivity index (χ4v) is 6.92. The molecule has 1 aromatic heterocycles. The van der Waals surface area contributed by atoms with E-state index < -0.39 is 18.1 Å². The lowest BCUT2D eigenvalue weighted by Crippen LogP contribution is -2.44. The van der Waals surface area contributed by atoms with Crippen LogP contribution in [-0.4, -0.2) is 75.3 Å². The number of carboxylic acids is 1. The molecule has 0 spiro atoms. The van der Waals surface area contributed by atoms with Gasteiger partial charge in [-0.05, 0) is 79.3 Å². The predicted octanol–water partition coefficient (Wildman–Crippen LogP) is 6.15. The Hall–Kier alpha value is -5.15. The van der Waals surface area contributed by atoms with Gasteiger partial charge in [0.15, 0.2) is 6.61 Å². The molecule has 6 rings (SSSR count). The number of hydrogen-bond acceptors (Lipinski definition) is 9. The van der Waals surface area contributed by atoms with Crippen LogP contribution in [0.25, 0.3) is 11.1 Å². The summed E-state index contributed by atoms with van der Waals surface area (Å²) in [5.41, 5.74) is 5.70. The van der Waals surface area contributed by atoms with Crippen molar-refractivity contribution in [2.45, 2.75) is 64.5 Å². The lowest BCUT2D eigenvalue weighted by Gasteiger charge is -2.33. The van der Waals surface area contributed by atoms with Crippen LogP contribution < -0.4 is 14.2 Å². The van der Waals surface area contributed by atoms with Gasteiger partial charge in [0, 0.05) is 49.2 Å². The monoisotopic (exact) mass is 724 g/mol. The Labute approximate surface area is 307 Å². The maximum absolute atomic E-state index is 12.5. The van der Waals surface area contributed by atoms with Crippen LogP contribution in [0.3, 0.4) is 0 Å². The number of likely N-dealkylation sites (tertiary alicyclic amines) is 2. The van der Waals surface area contributed by atoms with Crippen molar-refractivity contribution < 1.29 is 34.0 Å². The van der Waals surface area contributed by atoms with Gasteiger partial charge in [-0.15, -0.1) is 0 Å². The summed E-state index contributed by atoms with van der Waals surface area (Å²) in [4.78, 5) is 32.3. The maximum Gasteiger partial charge on any atom is 0.320 e. The zero-order valence-corrected chi connectivity index (χ0v) is 29.7. The molecule has 2 aliphatic rings. The van der Waals surface area contributed by atoms with Gasteiger partial charge in [0.1, 0.15) is 42.6 Å². The standard InChI is InChI=1S/C40H41ClN4O7/c1-26-30(7-5-9-34(26)29-6-4-8-33(15-29)50-25-39(47)45-13-11-32(46)22-45)24-52-38-17-37(51-23-28-14-27(18-42)19-43-20-28)31(16-35(38)41)21-44-12-3-2-10-36(44)40(48)49/h4-9,14-17,19-20,32,36,46H,2-3,10-13,21-25H2,1H3,(H,48,49)/t32-,36-/m0/s1. The molecular formula is C40H41ClN4O7. The molecule has 0 saturated carbocycles. The molecule has 0 radical (unpaired) electrons. The number of β-amino-alcohol motifs (C(OH)–C–C–N with tert-alkyl or cyclic N) is 1. The number of hydrogen-bond donors (Lipinski definition) is 2. The van der Waals surface area contributed by atoms with E-state index in [1.54, 1.807) is 29.3 Å². The molecule has 11 nitrogen and oxygen atoms in total. The smallest absolute Gasteiger partial charge is 0.320 e. The van der Waals surface area contributed by atoms with Crippen LogP contribution >= 0.6 is 11.6 Å². The molecule has 270 valence electrons. The molecule has 2 atom stereocenters. The summed E-state index contributed by atoms with van der Waals surface area (Å²) in [7, 11) is 0. The number of carbonyl (C=O) groups excluding carboxylic acids is 1. The quantitative estimate of drug-likeness (QED) is 0.165. The first-order valence-electron chi connectivity index (χ1n) is 17.3. The van der Waals surface area contributed by atoms with Crippen LogP contribution in [0.2, 0.25) is 5.02 Å². The van der Waals surface area contributed by atoms with E-state index >= 15 is 0 Å². The second kappa shape index (κ2) is 16.9. The fraction of sp³-hybridized carbons (Fsp3) is 0.350. The third-order valence-corrected chi connectivity index (χ3v) is 9.85. The first-order chi connectivity index (χ1) is 25.2. The summed E-state index contributed by atoms with van der Waals surface area (Å²) >= 11 is 6.81. The van der Waals surface area contributed by atoms with Crippen molar-refractivity contribution >= 4 is 23.5 Å². The number of rotatable bonds is 13. The number of nitriles is 1. The molecule has 2 fully saturated rings. The Morgan fingerprint density at radius 1 is 0.962 bits per heavy atom. The van der Waals surface area contributed by atoms with Crippen LogP contribution in [0.5, 0.6) is 17.2 Å². The first-order valence-corrected chi connectivity index (χ1v) is 17.7. The molecule has 0 unspecified atom stereocenters. The zero-order chi connectivity index (χ0) is 36.6. The average Bonchev–Trinajstić information content (AvgIpc) is 3.60. The van der Waals surface area contributed by atoms with Gasteiger partial charge in [-0.2, -0.15) is 5.26 Å². The normalized spacial score (nSPS) is 17.4. The summed E-state index contributed by atoms with van der Waals surface area (Å²) in [6.07, 6.45) is 5.56. The Balaban J connectivity index is 1.19. The number of aliphatic carboxylic acids is 1. The zero-order valence-electron chi connectivity index (χ0n) is 29.0. The lowest BCUT2D eigenvalue weighted by atomic mass is 9.96. The number of piperidine rings is 1. The molecular weight excluding hydrogens is 684 g/mol. The van der Waals surface area contributed by atoms with Crippen molar-refractivity contribution in [3.63, 3.8) is 0 Å². The van der Waals surface area contributed by atoms with E-state index in [1.807, 2.05) is 54.3 Å². The van der Waals surface area contributed by atoms with Gasteiger partial charge in [0.25, 0.3) is 5.91 Å². The van der Waals surface area contributed by atoms with Gasteiger partial charge >= 0.3 is 5.97 Å². The van der Waals surface area contributed by atoms with E-state index in [2.05, 4.69) is 11.1 Å². The predicted molar refractivity (Wildman–Crippen MR) is 194 cm³/mol. The molecule has 2 aliphatic heterocycles. The highest BCUT2D eigenvalue weighted by atomic mass is 35.5. The second-order valence-corrected chi connectivity index (χ2v) is 13.6. The molecule has 2 N–H and O–H groups in total. The summed E-state index contributed by atoms with van der Waals surface area (Å²) in [5.74, 6) is 0.476. The minimum atomic E-state index is -0.849. The van der Waals surface area contributed by atoms with Crippen molar-refractivity contribution in [3.05, 3.63) is 106 Å². The van der Waals surface area contributed by atoms with Crippen LogP contribution in [0, 0.1) is 18.3 Å². The summed E-state index contributed by atoms with van der Waals surface area (Å²) in [6, 6.07) is 20.3. The van der Waals surface area contributed by atoms with E-state index in [0.717, 1.165) is 40.7 Å². The number of aliphatic hydroxyl groups is 1. The van der Waals surface area contributed by atoms with Crippen LogP contribution in [-0.2, 0) is 29.3 Å². The van der Waals surface area contributed by atoms with Crippen molar-refractivity contribution in [1.29, 1.82) is 5.26 Å². The van der Waals surface area contributed by atoms with E-state index in [4.69, 9.17) is 25.8 Å². The minimum absolute atomic E-state index is 0.102. The lowest BCUT2D eigenvalue weighted by molar-refractivity contribution is -0.144. The van der Waals surface area contributed by atoms with Gasteiger partial charge in [0.2, 0.25) is 0 Å². The largest absolute Gasteiger partial charge is 0.488 e. The number of benzene rings is 3. The van der Waals surface area contributed by atoms with E-state index in [0.29, 0.717) is 72.4 Å². The number of amides is 1. The number of nitrogens with zero attached hydrogens (tertiary/aromatic N) is 4. The number of carboxylic acid groups (broad SMARTS) is 1. The number of aromatic nitrogens is 1. The number of halogens is 1. The van der Waals surface area contributed by atoms with Crippen LogP contribution in [0.15, 0.2) is 73.1 Å². The van der Waals surface area contributed by atoms with E-state index in [-0.39, 0.29) is 25.7 Å². The van der Waals surface area contributed by atoms with Crippen molar-refractivity contribution in [3.8, 4) is 34.4 Å². The molecule has 1 amide bonds. The van der Waals surface area contributed by atoms with Crippen LogP contribution in [0.1, 0.15) is 53.5 Å². The highest BCUT2D eigenvalue weighted by molar-refractivity contribution is 6.32. The number of pyridine rings is 1. The van der Waals surface area contributed by atoms with Gasteiger partial charge in [0.05, 0.1) is 16.7 Å². The molecule has 3 aromatic carbocycles. The van der Waals surface area contributed by atoms with E-state index in [1.165, 1.54) is 6.20 Å². The summed E-state index contributed by atoms with van der Waals surface area (Å²) in [6.45, 7) is 4.11. The Kier molecular flexibility index (Phi) is 11.9. The van der Waals surface area contributed by atoms with Gasteiger partial charge in [-0.25, -0.2) is 0 Å². The summed E-state index contributed by atoms with van der Waals surface area (Å²) < 4.78 is 18.4. The minimum Gasteiger partial charge on any atom is -0.488 e. The maximum atomic E-state index is 12.5. The van der Waals surface area contributed by atoms with Crippen molar-refractivity contribution in [2.75, 3.05) is 26.2 Å².